The number of nitrogens with two attached hydrogens (primary N) is 1. The summed E-state index contributed by atoms with van der Waals surface area (Å²) in [5.74, 6) is -0.108. The zero-order chi connectivity index (χ0) is 12.1. The Morgan fingerprint density at radius 1 is 1.19 bits per heavy atom. The van der Waals surface area contributed by atoms with E-state index < -0.39 is 0 Å². The van der Waals surface area contributed by atoms with E-state index in [1.807, 2.05) is 38.1 Å². The van der Waals surface area contributed by atoms with Crippen molar-refractivity contribution in [3.05, 3.63) is 35.4 Å². The van der Waals surface area contributed by atoms with E-state index in [1.54, 1.807) is 0 Å². The van der Waals surface area contributed by atoms with Crippen LogP contribution < -0.4 is 5.73 Å². The molecule has 0 heterocycles. The molecular weight excluding hydrogens is 202 g/mol. The fraction of sp³-hybridized carbons (Fsp3) is 0.385. The van der Waals surface area contributed by atoms with Gasteiger partial charge in [-0.2, -0.15) is 0 Å². The van der Waals surface area contributed by atoms with Crippen LogP contribution in [0, 0.1) is 5.92 Å². The van der Waals surface area contributed by atoms with E-state index in [1.165, 1.54) is 0 Å². The molecular formula is C13H17NO2. The second-order valence-electron chi connectivity index (χ2n) is 4.26. The van der Waals surface area contributed by atoms with E-state index >= 15 is 0 Å². The minimum atomic E-state index is -0.354. The molecule has 3 nitrogen and oxygen atoms in total. The molecule has 1 aromatic carbocycles. The highest BCUT2D eigenvalue weighted by Gasteiger charge is 2.08. The maximum atomic E-state index is 11.6. The lowest BCUT2D eigenvalue weighted by Crippen LogP contribution is -2.14. The van der Waals surface area contributed by atoms with E-state index in [9.17, 15) is 9.59 Å². The molecule has 0 aliphatic heterocycles. The number of carbonyl (C=O) groups excluding carboxylic acids is 2. The average Bonchev–Trinajstić information content (AvgIpc) is 2.16. The van der Waals surface area contributed by atoms with Gasteiger partial charge in [0.25, 0.3) is 0 Å². The average molecular weight is 219 g/mol. The highest BCUT2D eigenvalue weighted by Crippen LogP contribution is 2.09. The third-order valence-electron chi connectivity index (χ3n) is 2.39. The smallest absolute Gasteiger partial charge is 0.221 e. The normalized spacial score (nSPS) is 10.4. The van der Waals surface area contributed by atoms with Crippen molar-refractivity contribution in [2.75, 3.05) is 0 Å². The zero-order valence-corrected chi connectivity index (χ0v) is 9.69. The van der Waals surface area contributed by atoms with Crippen LogP contribution in [-0.2, 0) is 22.4 Å². The highest BCUT2D eigenvalue weighted by molar-refractivity contribution is 5.82. The van der Waals surface area contributed by atoms with Crippen LogP contribution in [0.1, 0.15) is 25.0 Å². The molecule has 1 amide bonds. The van der Waals surface area contributed by atoms with Crippen molar-refractivity contribution in [1.82, 2.24) is 0 Å². The van der Waals surface area contributed by atoms with Crippen LogP contribution in [0.3, 0.4) is 0 Å². The summed E-state index contributed by atoms with van der Waals surface area (Å²) in [6, 6.07) is 7.45. The predicted octanol–water partition coefficient (Wildman–Crippen LogP) is 1.48. The third-order valence-corrected chi connectivity index (χ3v) is 2.39. The van der Waals surface area contributed by atoms with Gasteiger partial charge in [-0.25, -0.2) is 0 Å². The molecule has 0 saturated heterocycles. The minimum absolute atomic E-state index is 0.0415. The Bertz CT molecular complexity index is 397. The summed E-state index contributed by atoms with van der Waals surface area (Å²) >= 11 is 0. The first-order valence-electron chi connectivity index (χ1n) is 5.38. The maximum Gasteiger partial charge on any atom is 0.221 e. The predicted molar refractivity (Wildman–Crippen MR) is 62.9 cm³/mol. The van der Waals surface area contributed by atoms with Crippen molar-refractivity contribution in [3.8, 4) is 0 Å². The lowest BCUT2D eigenvalue weighted by Gasteiger charge is -2.05. The zero-order valence-electron chi connectivity index (χ0n) is 9.69. The van der Waals surface area contributed by atoms with E-state index in [2.05, 4.69) is 0 Å². The molecule has 0 radical (unpaired) electrons. The number of rotatable bonds is 5. The van der Waals surface area contributed by atoms with Crippen LogP contribution >= 0.6 is 0 Å². The Hall–Kier alpha value is -1.64. The lowest BCUT2D eigenvalue weighted by atomic mass is 9.99. The fourth-order valence-corrected chi connectivity index (χ4v) is 1.46. The molecule has 1 aromatic rings. The number of benzene rings is 1. The summed E-state index contributed by atoms with van der Waals surface area (Å²) in [4.78, 5) is 22.3. The summed E-state index contributed by atoms with van der Waals surface area (Å²) < 4.78 is 0. The van der Waals surface area contributed by atoms with Gasteiger partial charge < -0.3 is 5.73 Å². The summed E-state index contributed by atoms with van der Waals surface area (Å²) in [6.07, 6.45) is 0.647. The molecule has 16 heavy (non-hydrogen) atoms. The molecule has 0 bridgehead atoms. The number of amides is 1. The maximum absolute atomic E-state index is 11.6. The largest absolute Gasteiger partial charge is 0.369 e. The van der Waals surface area contributed by atoms with Crippen LogP contribution in [0.25, 0.3) is 0 Å². The van der Waals surface area contributed by atoms with Gasteiger partial charge in [0.05, 0.1) is 6.42 Å². The Morgan fingerprint density at radius 2 is 1.75 bits per heavy atom. The Kier molecular flexibility index (Phi) is 4.23. The van der Waals surface area contributed by atoms with Crippen LogP contribution in [0.5, 0.6) is 0 Å². The van der Waals surface area contributed by atoms with E-state index in [4.69, 9.17) is 5.73 Å². The molecule has 0 aliphatic rings. The van der Waals surface area contributed by atoms with Gasteiger partial charge in [-0.15, -0.1) is 0 Å². The second-order valence-corrected chi connectivity index (χ2v) is 4.26. The molecule has 3 heteroatoms. The molecule has 0 spiro atoms. The second kappa shape index (κ2) is 5.45. The lowest BCUT2D eigenvalue weighted by molar-refractivity contribution is -0.121. The quantitative estimate of drug-likeness (QED) is 0.815. The van der Waals surface area contributed by atoms with Gasteiger partial charge in [-0.05, 0) is 11.1 Å². The highest BCUT2D eigenvalue weighted by atomic mass is 16.1. The molecule has 0 fully saturated rings. The van der Waals surface area contributed by atoms with E-state index in [0.29, 0.717) is 6.42 Å². The standard InChI is InChI=1S/C13H17NO2/c1-9(2)12(15)7-10-4-3-5-11(6-10)8-13(14)16/h3-6,9H,7-8H2,1-2H3,(H2,14,16). The summed E-state index contributed by atoms with van der Waals surface area (Å²) in [6.45, 7) is 3.77. The molecule has 0 atom stereocenters. The van der Waals surface area contributed by atoms with Crippen molar-refractivity contribution >= 4 is 11.7 Å². The number of ketones is 1. The van der Waals surface area contributed by atoms with Crippen molar-refractivity contribution in [2.45, 2.75) is 26.7 Å². The topological polar surface area (TPSA) is 60.2 Å². The van der Waals surface area contributed by atoms with Crippen molar-refractivity contribution in [3.63, 3.8) is 0 Å². The summed E-state index contributed by atoms with van der Waals surface area (Å²) in [5, 5.41) is 0. The summed E-state index contributed by atoms with van der Waals surface area (Å²) in [7, 11) is 0. The van der Waals surface area contributed by atoms with Crippen LogP contribution in [0.4, 0.5) is 0 Å². The van der Waals surface area contributed by atoms with Gasteiger partial charge >= 0.3 is 0 Å². The van der Waals surface area contributed by atoms with Crippen molar-refractivity contribution in [2.24, 2.45) is 11.7 Å². The fourth-order valence-electron chi connectivity index (χ4n) is 1.46. The molecule has 0 aliphatic carbocycles. The Morgan fingerprint density at radius 3 is 2.25 bits per heavy atom. The first kappa shape index (κ1) is 12.4. The Labute approximate surface area is 95.6 Å². The molecule has 0 saturated carbocycles. The third kappa shape index (κ3) is 3.85. The first-order valence-corrected chi connectivity index (χ1v) is 5.38. The van der Waals surface area contributed by atoms with Crippen LogP contribution in [-0.4, -0.2) is 11.7 Å². The van der Waals surface area contributed by atoms with E-state index in [-0.39, 0.29) is 24.0 Å². The van der Waals surface area contributed by atoms with Crippen molar-refractivity contribution < 1.29 is 9.59 Å². The molecule has 0 unspecified atom stereocenters. The molecule has 0 aromatic heterocycles. The SMILES string of the molecule is CC(C)C(=O)Cc1cccc(CC(N)=O)c1. The van der Waals surface area contributed by atoms with Gasteiger partial charge in [0.1, 0.15) is 5.78 Å². The van der Waals surface area contributed by atoms with Gasteiger partial charge in [0, 0.05) is 12.3 Å². The number of primary amides is 1. The van der Waals surface area contributed by atoms with Gasteiger partial charge in [-0.1, -0.05) is 38.1 Å². The molecule has 1 rings (SSSR count). The van der Waals surface area contributed by atoms with Gasteiger partial charge in [0.15, 0.2) is 0 Å². The Balaban J connectivity index is 2.74. The number of carbonyl (C=O) groups is 2. The number of hydrogen-bond acceptors (Lipinski definition) is 2. The summed E-state index contributed by atoms with van der Waals surface area (Å²) in [5.41, 5.74) is 6.92. The number of hydrogen-bond donors (Lipinski definition) is 1. The van der Waals surface area contributed by atoms with Crippen LogP contribution in [0.2, 0.25) is 0 Å². The monoisotopic (exact) mass is 219 g/mol. The molecule has 86 valence electrons. The van der Waals surface area contributed by atoms with Crippen molar-refractivity contribution in [1.29, 1.82) is 0 Å². The molecule has 2 N–H and O–H groups in total. The minimum Gasteiger partial charge on any atom is -0.369 e. The van der Waals surface area contributed by atoms with Gasteiger partial charge in [-0.3, -0.25) is 9.59 Å². The first-order chi connectivity index (χ1) is 7.49. The van der Waals surface area contributed by atoms with Gasteiger partial charge in [0.2, 0.25) is 5.91 Å². The van der Waals surface area contributed by atoms with Crippen LogP contribution in [0.15, 0.2) is 24.3 Å². The number of Topliss-reactive ketones (excluding diaryl/α,β-unsaturated/α-hetero) is 1. The van der Waals surface area contributed by atoms with E-state index in [0.717, 1.165) is 11.1 Å².